The zero-order valence-electron chi connectivity index (χ0n) is 26.4. The molecule has 2 aliphatic carbocycles. The largest absolute Gasteiger partial charge is 0.385 e. The molecule has 10 nitrogen and oxygen atoms in total. The van der Waals surface area contributed by atoms with Gasteiger partial charge in [-0.3, -0.25) is 0 Å². The highest BCUT2D eigenvalue weighted by Crippen LogP contribution is 2.42. The number of hydrogen-bond donors (Lipinski definition) is 5. The Hall–Kier alpha value is -3.00. The van der Waals surface area contributed by atoms with E-state index in [9.17, 15) is 31.8 Å². The van der Waals surface area contributed by atoms with Crippen molar-refractivity contribution in [3.63, 3.8) is 0 Å². The van der Waals surface area contributed by atoms with Crippen molar-refractivity contribution < 1.29 is 31.8 Å². The molecule has 46 heavy (non-hydrogen) atoms. The molecular weight excluding hydrogens is 650 g/mol. The molecule has 0 aliphatic heterocycles. The Morgan fingerprint density at radius 2 is 1.22 bits per heavy atom. The quantitative estimate of drug-likeness (QED) is 0.187. The van der Waals surface area contributed by atoms with Crippen LogP contribution in [0.2, 0.25) is 5.02 Å². The number of primary sulfonamides is 1. The number of urea groups is 1. The van der Waals surface area contributed by atoms with E-state index in [2.05, 4.69) is 10.0 Å². The van der Waals surface area contributed by atoms with Crippen molar-refractivity contribution in [2.45, 2.75) is 99.0 Å². The average molecular weight is 692 g/mol. The molecule has 0 atom stereocenters. The fourth-order valence-corrected chi connectivity index (χ4v) is 7.29. The van der Waals surface area contributed by atoms with Gasteiger partial charge in [-0.2, -0.15) is 0 Å². The lowest BCUT2D eigenvalue weighted by Gasteiger charge is -2.37. The van der Waals surface area contributed by atoms with E-state index in [1.165, 1.54) is 24.3 Å². The van der Waals surface area contributed by atoms with Crippen molar-refractivity contribution in [1.82, 2.24) is 4.72 Å². The molecule has 2 aliphatic rings. The summed E-state index contributed by atoms with van der Waals surface area (Å²) >= 11 is 6.26. The summed E-state index contributed by atoms with van der Waals surface area (Å²) in [5.41, 5.74) is 1.58. The third-order valence-electron chi connectivity index (χ3n) is 8.62. The fraction of sp³-hybridized carbons (Fsp3) is 0.424. The van der Waals surface area contributed by atoms with Gasteiger partial charge in [0.2, 0.25) is 10.0 Å². The molecule has 5 rings (SSSR count). The van der Waals surface area contributed by atoms with Gasteiger partial charge >= 0.3 is 6.03 Å². The number of benzene rings is 3. The van der Waals surface area contributed by atoms with Gasteiger partial charge in [0.15, 0.2) is 0 Å². The van der Waals surface area contributed by atoms with Gasteiger partial charge in [-0.15, -0.1) is 0 Å². The molecule has 0 heterocycles. The molecule has 250 valence electrons. The highest BCUT2D eigenvalue weighted by molar-refractivity contribution is 7.90. The molecule has 2 fully saturated rings. The number of aliphatic hydroxyl groups is 2. The monoisotopic (exact) mass is 691 g/mol. The number of nitrogens with two attached hydrogens (primary N) is 1. The van der Waals surface area contributed by atoms with Crippen molar-refractivity contribution >= 4 is 43.4 Å². The Balaban J connectivity index is 0.000000266. The predicted octanol–water partition coefficient (Wildman–Crippen LogP) is 6.17. The van der Waals surface area contributed by atoms with E-state index in [4.69, 9.17) is 16.7 Å². The van der Waals surface area contributed by atoms with Crippen molar-refractivity contribution in [3.05, 3.63) is 87.9 Å². The van der Waals surface area contributed by atoms with Crippen LogP contribution in [0.3, 0.4) is 0 Å². The molecule has 3 aromatic rings. The zero-order valence-corrected chi connectivity index (χ0v) is 28.8. The first-order chi connectivity index (χ1) is 21.3. The normalized spacial score (nSPS) is 16.9. The minimum Gasteiger partial charge on any atom is -0.385 e. The summed E-state index contributed by atoms with van der Waals surface area (Å²) < 4.78 is 50.0. The van der Waals surface area contributed by atoms with Crippen LogP contribution in [0.5, 0.6) is 0 Å². The molecule has 0 unspecified atom stereocenters. The van der Waals surface area contributed by atoms with Crippen molar-refractivity contribution in [2.75, 3.05) is 5.32 Å². The lowest BCUT2D eigenvalue weighted by atomic mass is 9.75. The van der Waals surface area contributed by atoms with Gasteiger partial charge in [-0.05, 0) is 109 Å². The maximum absolute atomic E-state index is 12.8. The van der Waals surface area contributed by atoms with Crippen LogP contribution >= 0.6 is 11.6 Å². The first-order valence-corrected chi connectivity index (χ1v) is 18.6. The first kappa shape index (κ1) is 35.8. The van der Waals surface area contributed by atoms with Crippen LogP contribution in [0.25, 0.3) is 0 Å². The number of hydrogen-bond acceptors (Lipinski definition) is 7. The van der Waals surface area contributed by atoms with E-state index in [1.807, 2.05) is 27.7 Å². The SMILES string of the molecule is CC(C)c1cc(Cl)cc(C(C)C)c1NC(=O)NS(=O)(=O)c1cccc(C2(O)CCC2)c1.NS(=O)(=O)c1cccc(C2(O)CCC2)c1. The minimum atomic E-state index is -4.12. The molecule has 0 spiro atoms. The highest BCUT2D eigenvalue weighted by Gasteiger charge is 2.37. The molecular formula is C33H42ClN3O7S2. The number of carbonyl (C=O) groups excluding carboxylic acids is 1. The molecule has 0 radical (unpaired) electrons. The van der Waals surface area contributed by atoms with Crippen molar-refractivity contribution in [3.8, 4) is 0 Å². The molecule has 2 amide bonds. The number of carbonyl (C=O) groups is 1. The zero-order chi connectivity index (χ0) is 34.1. The second-order valence-corrected chi connectivity index (χ2v) is 16.4. The third-order valence-corrected chi connectivity index (χ3v) is 11.1. The number of halogens is 1. The third kappa shape index (κ3) is 8.10. The lowest BCUT2D eigenvalue weighted by Crippen LogP contribution is -2.36. The lowest BCUT2D eigenvalue weighted by molar-refractivity contribution is -0.0392. The van der Waals surface area contributed by atoms with E-state index in [0.717, 1.165) is 24.0 Å². The standard InChI is InChI=1S/C23H29ClN2O4S.C10H13NO3S/c1-14(2)19-12-17(24)13-20(15(3)4)21(19)25-22(27)26-31(29,30)18-8-5-7-16(11-18)23(28)9-6-10-23;11-15(13,14)9-4-1-3-8(7-9)10(12)5-2-6-10/h5,7-8,11-15,28H,6,9-10H2,1-4H3,(H2,25,26,27);1,3-4,7,12H,2,5-6H2,(H2,11,13,14). The topological polar surface area (TPSA) is 176 Å². The second kappa shape index (κ2) is 13.6. The molecule has 0 saturated heterocycles. The van der Waals surface area contributed by atoms with Gasteiger partial charge in [0, 0.05) is 10.7 Å². The number of sulfonamides is 2. The number of rotatable bonds is 8. The first-order valence-electron chi connectivity index (χ1n) is 15.2. The Bertz CT molecular complexity index is 1790. The Kier molecular flexibility index (Phi) is 10.6. The van der Waals surface area contributed by atoms with Crippen LogP contribution in [0.15, 0.2) is 70.5 Å². The highest BCUT2D eigenvalue weighted by atomic mass is 35.5. The summed E-state index contributed by atoms with van der Waals surface area (Å²) in [6.07, 6.45) is 4.41. The van der Waals surface area contributed by atoms with Gasteiger partial charge in [-0.1, -0.05) is 63.6 Å². The average Bonchev–Trinajstić information content (AvgIpc) is 2.94. The molecule has 13 heteroatoms. The van der Waals surface area contributed by atoms with Crippen molar-refractivity contribution in [1.29, 1.82) is 0 Å². The van der Waals surface area contributed by atoms with Gasteiger partial charge in [0.25, 0.3) is 10.0 Å². The Morgan fingerprint density at radius 3 is 1.61 bits per heavy atom. The number of nitrogens with one attached hydrogen (secondary N) is 2. The molecule has 2 saturated carbocycles. The maximum atomic E-state index is 12.8. The molecule has 0 aromatic heterocycles. The van der Waals surface area contributed by atoms with Gasteiger partial charge in [0.1, 0.15) is 0 Å². The van der Waals surface area contributed by atoms with Crippen LogP contribution in [0, 0.1) is 0 Å². The van der Waals surface area contributed by atoms with E-state index in [1.54, 1.807) is 36.4 Å². The van der Waals surface area contributed by atoms with Gasteiger partial charge in [-0.25, -0.2) is 31.5 Å². The van der Waals surface area contributed by atoms with Crippen LogP contribution in [-0.4, -0.2) is 33.1 Å². The molecule has 3 aromatic carbocycles. The Labute approximate surface area is 276 Å². The number of anilines is 1. The summed E-state index contributed by atoms with van der Waals surface area (Å²) in [7, 11) is -7.80. The summed E-state index contributed by atoms with van der Waals surface area (Å²) in [5, 5.41) is 28.9. The van der Waals surface area contributed by atoms with Crippen LogP contribution in [0.4, 0.5) is 10.5 Å². The minimum absolute atomic E-state index is 0.0559. The van der Waals surface area contributed by atoms with E-state index >= 15 is 0 Å². The van der Waals surface area contributed by atoms with E-state index < -0.39 is 37.3 Å². The summed E-state index contributed by atoms with van der Waals surface area (Å²) in [5.74, 6) is 0.144. The van der Waals surface area contributed by atoms with Gasteiger partial charge in [0.05, 0.1) is 21.0 Å². The fourth-order valence-electron chi connectivity index (χ4n) is 5.54. The summed E-state index contributed by atoms with van der Waals surface area (Å²) in [6.45, 7) is 7.91. The molecule has 6 N–H and O–H groups in total. The van der Waals surface area contributed by atoms with Gasteiger partial charge < -0.3 is 15.5 Å². The predicted molar refractivity (Wildman–Crippen MR) is 179 cm³/mol. The van der Waals surface area contributed by atoms with Crippen LogP contribution in [0.1, 0.15) is 100 Å². The summed E-state index contributed by atoms with van der Waals surface area (Å²) in [6, 6.07) is 15.0. The summed E-state index contributed by atoms with van der Waals surface area (Å²) in [4.78, 5) is 12.7. The smallest absolute Gasteiger partial charge is 0.333 e. The second-order valence-electron chi connectivity index (χ2n) is 12.7. The van der Waals surface area contributed by atoms with E-state index in [0.29, 0.717) is 47.5 Å². The van der Waals surface area contributed by atoms with Crippen LogP contribution in [-0.2, 0) is 31.2 Å². The van der Waals surface area contributed by atoms with Crippen molar-refractivity contribution in [2.24, 2.45) is 5.14 Å². The number of amides is 2. The molecule has 0 bridgehead atoms. The Morgan fingerprint density at radius 1 is 0.783 bits per heavy atom. The van der Waals surface area contributed by atoms with Crippen LogP contribution < -0.4 is 15.2 Å². The van der Waals surface area contributed by atoms with E-state index in [-0.39, 0.29) is 21.6 Å². The maximum Gasteiger partial charge on any atom is 0.333 e.